The van der Waals surface area contributed by atoms with Gasteiger partial charge in [-0.05, 0) is 36.1 Å². The van der Waals surface area contributed by atoms with Gasteiger partial charge in [0.05, 0.1) is 17.9 Å². The summed E-state index contributed by atoms with van der Waals surface area (Å²) in [5.74, 6) is 0.269. The molecule has 1 aromatic heterocycles. The van der Waals surface area contributed by atoms with Crippen molar-refractivity contribution in [2.24, 2.45) is 5.41 Å². The highest BCUT2D eigenvalue weighted by molar-refractivity contribution is 6.30. The molecule has 0 aliphatic heterocycles. The number of carbonyl (C=O) groups is 2. The monoisotopic (exact) mass is 480 g/mol. The highest BCUT2D eigenvalue weighted by atomic mass is 35.5. The Labute approximate surface area is 206 Å². The maximum Gasteiger partial charge on any atom is 0.245 e. The number of nitrogens with zero attached hydrogens (tertiary/aromatic N) is 3. The van der Waals surface area contributed by atoms with Crippen molar-refractivity contribution in [1.82, 2.24) is 14.7 Å². The molecule has 34 heavy (non-hydrogen) atoms. The molecule has 180 valence electrons. The van der Waals surface area contributed by atoms with Crippen LogP contribution in [-0.2, 0) is 9.59 Å². The Morgan fingerprint density at radius 3 is 2.35 bits per heavy atom. The summed E-state index contributed by atoms with van der Waals surface area (Å²) in [7, 11) is 0. The van der Waals surface area contributed by atoms with Crippen LogP contribution in [0.1, 0.15) is 47.0 Å². The van der Waals surface area contributed by atoms with Gasteiger partial charge in [-0.1, -0.05) is 76.0 Å². The summed E-state index contributed by atoms with van der Waals surface area (Å²) >= 11 is 6.06. The van der Waals surface area contributed by atoms with Crippen molar-refractivity contribution in [3.05, 3.63) is 65.7 Å². The molecule has 0 atom stereocenters. The smallest absolute Gasteiger partial charge is 0.245 e. The van der Waals surface area contributed by atoms with E-state index < -0.39 is 0 Å². The van der Waals surface area contributed by atoms with Gasteiger partial charge in [-0.3, -0.25) is 9.59 Å². The van der Waals surface area contributed by atoms with Crippen LogP contribution in [0.25, 0.3) is 16.9 Å². The number of hydrogen-bond acceptors (Lipinski definition) is 3. The van der Waals surface area contributed by atoms with E-state index in [1.54, 1.807) is 21.7 Å². The second-order valence-corrected chi connectivity index (χ2v) is 10.1. The summed E-state index contributed by atoms with van der Waals surface area (Å²) in [6, 6.07) is 18.9. The standard InChI is InChI=1S/C27H33ClN4O2/c1-5-6-16-31(26(34)18-27(2,3)4)19-25(33)29-24-17-23(20-10-8-7-9-11-20)30-32(24)22-14-12-21(28)13-15-22/h7-15,17H,5-6,16,18-19H2,1-4H3,(H,29,33). The number of aromatic nitrogens is 2. The first kappa shape index (κ1) is 25.5. The minimum Gasteiger partial charge on any atom is -0.333 e. The summed E-state index contributed by atoms with van der Waals surface area (Å²) in [4.78, 5) is 27.6. The number of rotatable bonds is 9. The Bertz CT molecular complexity index is 1100. The normalized spacial score (nSPS) is 11.3. The lowest BCUT2D eigenvalue weighted by atomic mass is 9.91. The topological polar surface area (TPSA) is 67.2 Å². The molecule has 0 bridgehead atoms. The number of carbonyl (C=O) groups excluding carboxylic acids is 2. The van der Waals surface area contributed by atoms with E-state index in [1.807, 2.05) is 69.3 Å². The summed E-state index contributed by atoms with van der Waals surface area (Å²) in [5.41, 5.74) is 2.30. The van der Waals surface area contributed by atoms with Crippen LogP contribution >= 0.6 is 11.6 Å². The zero-order valence-electron chi connectivity index (χ0n) is 20.3. The highest BCUT2D eigenvalue weighted by Gasteiger charge is 2.23. The van der Waals surface area contributed by atoms with Gasteiger partial charge in [0.2, 0.25) is 11.8 Å². The van der Waals surface area contributed by atoms with Gasteiger partial charge in [-0.25, -0.2) is 4.68 Å². The third-order valence-electron chi connectivity index (χ3n) is 5.27. The molecule has 6 nitrogen and oxygen atoms in total. The fourth-order valence-electron chi connectivity index (χ4n) is 3.56. The Hall–Kier alpha value is -3.12. The van der Waals surface area contributed by atoms with E-state index in [-0.39, 0.29) is 23.8 Å². The van der Waals surface area contributed by atoms with Crippen molar-refractivity contribution in [3.63, 3.8) is 0 Å². The summed E-state index contributed by atoms with van der Waals surface area (Å²) in [6.07, 6.45) is 2.19. The fourth-order valence-corrected chi connectivity index (χ4v) is 3.69. The van der Waals surface area contributed by atoms with Gasteiger partial charge < -0.3 is 10.2 Å². The highest BCUT2D eigenvalue weighted by Crippen LogP contribution is 2.26. The van der Waals surface area contributed by atoms with E-state index in [2.05, 4.69) is 12.2 Å². The van der Waals surface area contributed by atoms with Crippen LogP contribution in [0.15, 0.2) is 60.7 Å². The van der Waals surface area contributed by atoms with Gasteiger partial charge in [0, 0.05) is 29.6 Å². The molecule has 2 amide bonds. The van der Waals surface area contributed by atoms with Crippen molar-refractivity contribution < 1.29 is 9.59 Å². The molecule has 0 aliphatic carbocycles. The maximum atomic E-state index is 13.1. The molecule has 1 N–H and O–H groups in total. The molecular weight excluding hydrogens is 448 g/mol. The second-order valence-electron chi connectivity index (χ2n) is 9.62. The molecule has 0 unspecified atom stereocenters. The van der Waals surface area contributed by atoms with Crippen LogP contribution in [0.2, 0.25) is 5.02 Å². The molecule has 7 heteroatoms. The van der Waals surface area contributed by atoms with E-state index in [4.69, 9.17) is 16.7 Å². The fraction of sp³-hybridized carbons (Fsp3) is 0.370. The number of nitrogens with one attached hydrogen (secondary N) is 1. The first-order chi connectivity index (χ1) is 16.2. The van der Waals surface area contributed by atoms with Gasteiger partial charge in [-0.15, -0.1) is 0 Å². The molecule has 0 fully saturated rings. The van der Waals surface area contributed by atoms with Crippen LogP contribution < -0.4 is 5.32 Å². The first-order valence-corrected chi connectivity index (χ1v) is 12.0. The SMILES string of the molecule is CCCCN(CC(=O)Nc1cc(-c2ccccc2)nn1-c1ccc(Cl)cc1)C(=O)CC(C)(C)C. The lowest BCUT2D eigenvalue weighted by Crippen LogP contribution is -2.40. The van der Waals surface area contributed by atoms with E-state index in [1.165, 1.54) is 0 Å². The van der Waals surface area contributed by atoms with Crippen LogP contribution in [-0.4, -0.2) is 39.6 Å². The molecule has 3 rings (SSSR count). The first-order valence-electron chi connectivity index (χ1n) is 11.7. The van der Waals surface area contributed by atoms with Gasteiger partial charge in [0.1, 0.15) is 5.82 Å². The number of benzene rings is 2. The van der Waals surface area contributed by atoms with Crippen LogP contribution in [0.4, 0.5) is 5.82 Å². The molecule has 0 spiro atoms. The molecule has 0 saturated heterocycles. The lowest BCUT2D eigenvalue weighted by molar-refractivity contribution is -0.136. The predicted octanol–water partition coefficient (Wildman–Crippen LogP) is 6.20. The van der Waals surface area contributed by atoms with Gasteiger partial charge >= 0.3 is 0 Å². The van der Waals surface area contributed by atoms with Gasteiger partial charge in [-0.2, -0.15) is 5.10 Å². The Kier molecular flexibility index (Phi) is 8.51. The van der Waals surface area contributed by atoms with Crippen LogP contribution in [0.3, 0.4) is 0 Å². The molecule has 3 aromatic rings. The van der Waals surface area contributed by atoms with Crippen molar-refractivity contribution in [2.45, 2.75) is 47.0 Å². The van der Waals surface area contributed by atoms with Crippen molar-refractivity contribution in [2.75, 3.05) is 18.4 Å². The Morgan fingerprint density at radius 1 is 1.06 bits per heavy atom. The average molecular weight is 481 g/mol. The van der Waals surface area contributed by atoms with E-state index in [0.29, 0.717) is 23.8 Å². The van der Waals surface area contributed by atoms with E-state index in [0.717, 1.165) is 29.8 Å². The van der Waals surface area contributed by atoms with E-state index in [9.17, 15) is 9.59 Å². The Morgan fingerprint density at radius 2 is 1.74 bits per heavy atom. The molecule has 0 radical (unpaired) electrons. The van der Waals surface area contributed by atoms with Gasteiger partial charge in [0.15, 0.2) is 0 Å². The summed E-state index contributed by atoms with van der Waals surface area (Å²) < 4.78 is 1.68. The lowest BCUT2D eigenvalue weighted by Gasteiger charge is -2.26. The van der Waals surface area contributed by atoms with Crippen molar-refractivity contribution in [3.8, 4) is 16.9 Å². The van der Waals surface area contributed by atoms with Crippen LogP contribution in [0, 0.1) is 5.41 Å². The zero-order valence-corrected chi connectivity index (χ0v) is 21.1. The molecule has 0 aliphatic rings. The predicted molar refractivity (Wildman–Crippen MR) is 138 cm³/mol. The largest absolute Gasteiger partial charge is 0.333 e. The Balaban J connectivity index is 1.85. The number of hydrogen-bond donors (Lipinski definition) is 1. The molecule has 2 aromatic carbocycles. The minimum atomic E-state index is -0.256. The number of unbranched alkanes of at least 4 members (excludes halogenated alkanes) is 1. The number of halogens is 1. The zero-order chi connectivity index (χ0) is 24.7. The maximum absolute atomic E-state index is 13.1. The van der Waals surface area contributed by atoms with Gasteiger partial charge in [0.25, 0.3) is 0 Å². The summed E-state index contributed by atoms with van der Waals surface area (Å²) in [6.45, 7) is 8.71. The minimum absolute atomic E-state index is 0.00137. The number of anilines is 1. The van der Waals surface area contributed by atoms with Crippen molar-refractivity contribution in [1.29, 1.82) is 0 Å². The quantitative estimate of drug-likeness (QED) is 0.396. The average Bonchev–Trinajstić information content (AvgIpc) is 3.20. The molecule has 1 heterocycles. The molecular formula is C27H33ClN4O2. The number of amides is 2. The van der Waals surface area contributed by atoms with Crippen LogP contribution in [0.5, 0.6) is 0 Å². The third kappa shape index (κ3) is 7.19. The second kappa shape index (κ2) is 11.3. The third-order valence-corrected chi connectivity index (χ3v) is 5.52. The summed E-state index contributed by atoms with van der Waals surface area (Å²) in [5, 5.41) is 8.32. The van der Waals surface area contributed by atoms with E-state index >= 15 is 0 Å². The molecule has 0 saturated carbocycles. The van der Waals surface area contributed by atoms with Crippen molar-refractivity contribution >= 4 is 29.2 Å².